The fraction of sp³-hybridized carbons (Fsp3) is 0.579. The van der Waals surface area contributed by atoms with Crippen LogP contribution in [0, 0.1) is 6.92 Å². The van der Waals surface area contributed by atoms with E-state index in [-0.39, 0.29) is 0 Å². The van der Waals surface area contributed by atoms with Gasteiger partial charge in [0.1, 0.15) is 5.69 Å². The maximum atomic E-state index is 5.95. The summed E-state index contributed by atoms with van der Waals surface area (Å²) in [6.45, 7) is 5.74. The summed E-state index contributed by atoms with van der Waals surface area (Å²) in [5.41, 5.74) is 10.3. The first-order valence-corrected chi connectivity index (χ1v) is 8.95. The van der Waals surface area contributed by atoms with Crippen molar-refractivity contribution in [1.29, 1.82) is 0 Å². The Morgan fingerprint density at radius 1 is 0.957 bits per heavy atom. The number of nitrogens with zero attached hydrogens (tertiary/aromatic N) is 3. The normalized spacial score (nSPS) is 11.1. The van der Waals surface area contributed by atoms with Crippen molar-refractivity contribution in [3.8, 4) is 11.3 Å². The monoisotopic (exact) mass is 314 g/mol. The van der Waals surface area contributed by atoms with Gasteiger partial charge in [0.25, 0.3) is 0 Å². The van der Waals surface area contributed by atoms with E-state index in [9.17, 15) is 0 Å². The molecule has 0 aliphatic rings. The van der Waals surface area contributed by atoms with Crippen LogP contribution in [0.4, 0.5) is 0 Å². The van der Waals surface area contributed by atoms with Gasteiger partial charge in [0.2, 0.25) is 0 Å². The number of hydrogen-bond acceptors (Lipinski definition) is 3. The average molecular weight is 314 g/mol. The number of nitrogens with two attached hydrogens (primary N) is 1. The lowest BCUT2D eigenvalue weighted by molar-refractivity contribution is 0.501. The lowest BCUT2D eigenvalue weighted by atomic mass is 10.1. The molecular formula is C19H30N4. The number of rotatable bonds is 10. The number of unbranched alkanes of at least 4 members (excludes halogenated alkanes) is 6. The Morgan fingerprint density at radius 2 is 1.61 bits per heavy atom. The Labute approximate surface area is 140 Å². The molecule has 4 heteroatoms. The highest BCUT2D eigenvalue weighted by atomic mass is 15.4. The van der Waals surface area contributed by atoms with Gasteiger partial charge < -0.3 is 5.73 Å². The molecule has 0 amide bonds. The molecular weight excluding hydrogens is 284 g/mol. The van der Waals surface area contributed by atoms with Crippen molar-refractivity contribution in [1.82, 2.24) is 15.0 Å². The Hall–Kier alpha value is -1.68. The zero-order valence-electron chi connectivity index (χ0n) is 14.6. The molecule has 4 nitrogen and oxygen atoms in total. The van der Waals surface area contributed by atoms with E-state index in [1.165, 1.54) is 44.1 Å². The number of aryl methyl sites for hydroxylation is 2. The molecule has 0 saturated heterocycles. The van der Waals surface area contributed by atoms with E-state index in [0.717, 1.165) is 29.9 Å². The Bertz CT molecular complexity index is 572. The predicted molar refractivity (Wildman–Crippen MR) is 96.1 cm³/mol. The molecule has 0 atom stereocenters. The quantitative estimate of drug-likeness (QED) is 0.659. The van der Waals surface area contributed by atoms with Crippen molar-refractivity contribution >= 4 is 0 Å². The average Bonchev–Trinajstić information content (AvgIpc) is 2.97. The zero-order valence-corrected chi connectivity index (χ0v) is 14.6. The second-order valence-electron chi connectivity index (χ2n) is 6.30. The minimum Gasteiger partial charge on any atom is -0.325 e. The van der Waals surface area contributed by atoms with Crippen LogP contribution in [0.15, 0.2) is 24.3 Å². The van der Waals surface area contributed by atoms with Crippen molar-refractivity contribution < 1.29 is 0 Å². The first-order valence-electron chi connectivity index (χ1n) is 8.95. The van der Waals surface area contributed by atoms with E-state index in [2.05, 4.69) is 48.4 Å². The van der Waals surface area contributed by atoms with Gasteiger partial charge in [0.05, 0.1) is 5.69 Å². The molecule has 2 aromatic rings. The highest BCUT2D eigenvalue weighted by Gasteiger charge is 2.12. The zero-order chi connectivity index (χ0) is 16.5. The first-order chi connectivity index (χ1) is 11.3. The smallest absolute Gasteiger partial charge is 0.117 e. The summed E-state index contributed by atoms with van der Waals surface area (Å²) in [4.78, 5) is 0. The molecule has 0 fully saturated rings. The molecule has 126 valence electrons. The van der Waals surface area contributed by atoms with Crippen LogP contribution in [0.3, 0.4) is 0 Å². The third-order valence-corrected chi connectivity index (χ3v) is 4.33. The summed E-state index contributed by atoms with van der Waals surface area (Å²) in [6, 6.07) is 8.39. The van der Waals surface area contributed by atoms with Gasteiger partial charge in [-0.15, -0.1) is 5.10 Å². The highest BCUT2D eigenvalue weighted by molar-refractivity contribution is 5.61. The molecule has 0 spiro atoms. The fourth-order valence-corrected chi connectivity index (χ4v) is 2.87. The Morgan fingerprint density at radius 3 is 2.26 bits per heavy atom. The van der Waals surface area contributed by atoms with Gasteiger partial charge in [-0.3, -0.25) is 0 Å². The lowest BCUT2D eigenvalue weighted by Gasteiger charge is -2.06. The van der Waals surface area contributed by atoms with Gasteiger partial charge in [-0.05, 0) is 13.3 Å². The third kappa shape index (κ3) is 5.17. The largest absolute Gasteiger partial charge is 0.325 e. The van der Waals surface area contributed by atoms with E-state index >= 15 is 0 Å². The number of hydrogen-bond donors (Lipinski definition) is 1. The fourth-order valence-electron chi connectivity index (χ4n) is 2.87. The molecule has 2 rings (SSSR count). The Kier molecular flexibility index (Phi) is 7.27. The second-order valence-corrected chi connectivity index (χ2v) is 6.30. The summed E-state index contributed by atoms with van der Waals surface area (Å²) < 4.78 is 1.99. The van der Waals surface area contributed by atoms with Crippen LogP contribution in [-0.2, 0) is 13.1 Å². The van der Waals surface area contributed by atoms with Gasteiger partial charge >= 0.3 is 0 Å². The topological polar surface area (TPSA) is 56.7 Å². The van der Waals surface area contributed by atoms with Gasteiger partial charge in [-0.25, -0.2) is 4.68 Å². The van der Waals surface area contributed by atoms with Crippen molar-refractivity contribution in [2.24, 2.45) is 5.73 Å². The van der Waals surface area contributed by atoms with Gasteiger partial charge in [0.15, 0.2) is 0 Å². The SMILES string of the molecule is CCCCCCCCCn1nnc(-c2ccc(C)cc2)c1CN. The van der Waals surface area contributed by atoms with Crippen molar-refractivity contribution in [3.63, 3.8) is 0 Å². The van der Waals surface area contributed by atoms with Crippen LogP contribution in [0.25, 0.3) is 11.3 Å². The molecule has 0 aliphatic heterocycles. The summed E-state index contributed by atoms with van der Waals surface area (Å²) in [5.74, 6) is 0. The summed E-state index contributed by atoms with van der Waals surface area (Å²) in [6.07, 6.45) is 9.11. The van der Waals surface area contributed by atoms with E-state index < -0.39 is 0 Å². The van der Waals surface area contributed by atoms with Gasteiger partial charge in [0, 0.05) is 18.7 Å². The van der Waals surface area contributed by atoms with E-state index in [1.54, 1.807) is 0 Å². The number of aromatic nitrogens is 3. The first kappa shape index (κ1) is 17.7. The third-order valence-electron chi connectivity index (χ3n) is 4.33. The minimum absolute atomic E-state index is 0.479. The predicted octanol–water partition coefficient (Wildman–Crippen LogP) is 4.46. The van der Waals surface area contributed by atoms with E-state index in [1.807, 2.05) is 4.68 Å². The summed E-state index contributed by atoms with van der Waals surface area (Å²) >= 11 is 0. The van der Waals surface area contributed by atoms with Crippen LogP contribution >= 0.6 is 0 Å². The maximum Gasteiger partial charge on any atom is 0.117 e. The van der Waals surface area contributed by atoms with Gasteiger partial charge in [-0.1, -0.05) is 80.5 Å². The van der Waals surface area contributed by atoms with Crippen LogP contribution in [-0.4, -0.2) is 15.0 Å². The molecule has 0 aliphatic carbocycles. The lowest BCUT2D eigenvalue weighted by Crippen LogP contribution is -2.10. The van der Waals surface area contributed by atoms with Gasteiger partial charge in [-0.2, -0.15) is 0 Å². The van der Waals surface area contributed by atoms with Crippen molar-refractivity contribution in [2.45, 2.75) is 71.9 Å². The summed E-state index contributed by atoms with van der Waals surface area (Å²) in [5, 5.41) is 8.68. The molecule has 0 bridgehead atoms. The molecule has 2 N–H and O–H groups in total. The maximum absolute atomic E-state index is 5.95. The van der Waals surface area contributed by atoms with Crippen LogP contribution in [0.1, 0.15) is 63.1 Å². The summed E-state index contributed by atoms with van der Waals surface area (Å²) in [7, 11) is 0. The standard InChI is InChI=1S/C19H30N4/c1-3-4-5-6-7-8-9-14-23-18(15-20)19(21-22-23)17-12-10-16(2)11-13-17/h10-13H,3-9,14-15,20H2,1-2H3. The van der Waals surface area contributed by atoms with Crippen LogP contribution in [0.2, 0.25) is 0 Å². The molecule has 23 heavy (non-hydrogen) atoms. The van der Waals surface area contributed by atoms with Crippen molar-refractivity contribution in [2.75, 3.05) is 0 Å². The molecule has 0 unspecified atom stereocenters. The molecule has 0 radical (unpaired) electrons. The molecule has 1 heterocycles. The molecule has 1 aromatic carbocycles. The Balaban J connectivity index is 1.89. The second kappa shape index (κ2) is 9.46. The van der Waals surface area contributed by atoms with Crippen LogP contribution < -0.4 is 5.73 Å². The molecule has 1 aromatic heterocycles. The minimum atomic E-state index is 0.479. The highest BCUT2D eigenvalue weighted by Crippen LogP contribution is 2.21. The van der Waals surface area contributed by atoms with Crippen LogP contribution in [0.5, 0.6) is 0 Å². The van der Waals surface area contributed by atoms with E-state index in [4.69, 9.17) is 5.73 Å². The van der Waals surface area contributed by atoms with Crippen molar-refractivity contribution in [3.05, 3.63) is 35.5 Å². The molecule has 0 saturated carbocycles. The number of benzene rings is 1. The van der Waals surface area contributed by atoms with E-state index in [0.29, 0.717) is 6.54 Å².